The van der Waals surface area contributed by atoms with Crippen molar-refractivity contribution in [3.63, 3.8) is 0 Å². The molecule has 3 heteroatoms. The average molecular weight is 219 g/mol. The molecule has 1 aromatic heterocycles. The lowest BCUT2D eigenvalue weighted by Crippen LogP contribution is -2.31. The topological polar surface area (TPSA) is 29.0 Å². The summed E-state index contributed by atoms with van der Waals surface area (Å²) in [6.45, 7) is 8.79. The second-order valence-corrected chi connectivity index (χ2v) is 5.56. The minimum absolute atomic E-state index is 0.0821. The van der Waals surface area contributed by atoms with Gasteiger partial charge in [0.05, 0.1) is 11.9 Å². The largest absolute Gasteiger partial charge is 0.355 e. The van der Waals surface area contributed by atoms with Crippen LogP contribution in [0.5, 0.6) is 0 Å². The first-order chi connectivity index (χ1) is 7.57. The second kappa shape index (κ2) is 4.40. The Bertz CT molecular complexity index is 348. The molecular formula is C13H21N3. The van der Waals surface area contributed by atoms with Crippen LogP contribution in [0, 0.1) is 0 Å². The highest BCUT2D eigenvalue weighted by Gasteiger charge is 2.18. The highest BCUT2D eigenvalue weighted by Crippen LogP contribution is 2.23. The Labute approximate surface area is 97.9 Å². The number of hydrogen-bond donors (Lipinski definition) is 0. The summed E-state index contributed by atoms with van der Waals surface area (Å²) >= 11 is 0. The molecule has 0 unspecified atom stereocenters. The molecule has 0 spiro atoms. The summed E-state index contributed by atoms with van der Waals surface area (Å²) in [5.74, 6) is 1.05. The lowest BCUT2D eigenvalue weighted by atomic mass is 9.93. The number of rotatable bonds is 1. The number of hydrogen-bond acceptors (Lipinski definition) is 3. The van der Waals surface area contributed by atoms with Crippen LogP contribution >= 0.6 is 0 Å². The summed E-state index contributed by atoms with van der Waals surface area (Å²) in [6, 6.07) is 0. The van der Waals surface area contributed by atoms with E-state index in [2.05, 4.69) is 30.7 Å². The molecule has 1 fully saturated rings. The van der Waals surface area contributed by atoms with Gasteiger partial charge in [0.25, 0.3) is 0 Å². The van der Waals surface area contributed by atoms with Crippen molar-refractivity contribution in [2.24, 2.45) is 0 Å². The van der Waals surface area contributed by atoms with Crippen LogP contribution in [-0.4, -0.2) is 23.1 Å². The minimum atomic E-state index is 0.0821. The molecule has 3 nitrogen and oxygen atoms in total. The molecular weight excluding hydrogens is 198 g/mol. The van der Waals surface area contributed by atoms with E-state index in [0.717, 1.165) is 24.6 Å². The van der Waals surface area contributed by atoms with E-state index in [1.165, 1.54) is 19.3 Å². The van der Waals surface area contributed by atoms with Crippen molar-refractivity contribution in [3.05, 3.63) is 18.1 Å². The number of piperidine rings is 1. The van der Waals surface area contributed by atoms with Gasteiger partial charge in [0, 0.05) is 24.7 Å². The van der Waals surface area contributed by atoms with Crippen molar-refractivity contribution in [1.82, 2.24) is 9.97 Å². The molecule has 1 aliphatic rings. The Balaban J connectivity index is 2.21. The molecule has 2 rings (SSSR count). The van der Waals surface area contributed by atoms with E-state index in [0.29, 0.717) is 0 Å². The van der Waals surface area contributed by atoms with Crippen molar-refractivity contribution in [1.29, 1.82) is 0 Å². The Kier molecular flexibility index (Phi) is 3.13. The van der Waals surface area contributed by atoms with E-state index in [-0.39, 0.29) is 5.41 Å². The van der Waals surface area contributed by atoms with E-state index in [1.807, 2.05) is 12.4 Å². The van der Waals surface area contributed by atoms with Crippen molar-refractivity contribution < 1.29 is 0 Å². The highest BCUT2D eigenvalue weighted by atomic mass is 15.2. The average Bonchev–Trinajstić information content (AvgIpc) is 2.29. The number of nitrogens with zero attached hydrogens (tertiary/aromatic N) is 3. The normalized spacial score (nSPS) is 17.6. The molecule has 1 aromatic rings. The Hall–Kier alpha value is -1.12. The highest BCUT2D eigenvalue weighted by molar-refractivity contribution is 5.37. The molecule has 0 aliphatic carbocycles. The predicted molar refractivity (Wildman–Crippen MR) is 66.8 cm³/mol. The predicted octanol–water partition coefficient (Wildman–Crippen LogP) is 2.76. The maximum Gasteiger partial charge on any atom is 0.147 e. The smallest absolute Gasteiger partial charge is 0.147 e. The molecule has 2 heterocycles. The van der Waals surface area contributed by atoms with E-state index in [1.54, 1.807) is 0 Å². The fourth-order valence-corrected chi connectivity index (χ4v) is 1.99. The van der Waals surface area contributed by atoms with Crippen LogP contribution in [0.1, 0.15) is 45.7 Å². The molecule has 0 bridgehead atoms. The summed E-state index contributed by atoms with van der Waals surface area (Å²) in [4.78, 5) is 11.4. The first-order valence-corrected chi connectivity index (χ1v) is 6.15. The first-order valence-electron chi connectivity index (χ1n) is 6.15. The summed E-state index contributed by atoms with van der Waals surface area (Å²) in [5, 5.41) is 0. The molecule has 16 heavy (non-hydrogen) atoms. The minimum Gasteiger partial charge on any atom is -0.355 e. The molecule has 0 aromatic carbocycles. The van der Waals surface area contributed by atoms with E-state index in [9.17, 15) is 0 Å². The maximum atomic E-state index is 4.73. The third-order valence-corrected chi connectivity index (χ3v) is 3.07. The second-order valence-electron chi connectivity index (χ2n) is 5.56. The van der Waals surface area contributed by atoms with Crippen LogP contribution in [0.4, 0.5) is 5.82 Å². The summed E-state index contributed by atoms with van der Waals surface area (Å²) in [5.41, 5.74) is 1.16. The van der Waals surface area contributed by atoms with Crippen LogP contribution in [-0.2, 0) is 5.41 Å². The quantitative estimate of drug-likeness (QED) is 0.727. The zero-order valence-electron chi connectivity index (χ0n) is 10.5. The molecule has 0 atom stereocenters. The van der Waals surface area contributed by atoms with Gasteiger partial charge in [0.2, 0.25) is 0 Å². The fraction of sp³-hybridized carbons (Fsp3) is 0.692. The molecule has 0 radical (unpaired) electrons. The standard InChI is InChI=1S/C13H21N3/c1-13(2,3)11-9-14-10-12(15-11)16-7-5-4-6-8-16/h9-10H,4-8H2,1-3H3. The number of anilines is 1. The lowest BCUT2D eigenvalue weighted by molar-refractivity contribution is 0.550. The van der Waals surface area contributed by atoms with Gasteiger partial charge >= 0.3 is 0 Å². The van der Waals surface area contributed by atoms with Crippen molar-refractivity contribution in [3.8, 4) is 0 Å². The van der Waals surface area contributed by atoms with Gasteiger partial charge in [-0.3, -0.25) is 4.98 Å². The molecule has 1 saturated heterocycles. The molecule has 0 amide bonds. The van der Waals surface area contributed by atoms with Crippen molar-refractivity contribution >= 4 is 5.82 Å². The van der Waals surface area contributed by atoms with Gasteiger partial charge in [-0.1, -0.05) is 20.8 Å². The van der Waals surface area contributed by atoms with Crippen LogP contribution in [0.25, 0.3) is 0 Å². The van der Waals surface area contributed by atoms with Crippen molar-refractivity contribution in [2.45, 2.75) is 45.4 Å². The van der Waals surface area contributed by atoms with E-state index < -0.39 is 0 Å². The third kappa shape index (κ3) is 2.52. The number of aromatic nitrogens is 2. The van der Waals surface area contributed by atoms with Gasteiger partial charge in [-0.2, -0.15) is 0 Å². The molecule has 0 saturated carbocycles. The van der Waals surface area contributed by atoms with Crippen LogP contribution in [0.2, 0.25) is 0 Å². The molecule has 1 aliphatic heterocycles. The lowest BCUT2D eigenvalue weighted by Gasteiger charge is -2.28. The van der Waals surface area contributed by atoms with E-state index >= 15 is 0 Å². The van der Waals surface area contributed by atoms with E-state index in [4.69, 9.17) is 4.98 Å². The maximum absolute atomic E-state index is 4.73. The Morgan fingerprint density at radius 3 is 2.38 bits per heavy atom. The molecule has 0 N–H and O–H groups in total. The van der Waals surface area contributed by atoms with Gasteiger partial charge < -0.3 is 4.90 Å². The summed E-state index contributed by atoms with van der Waals surface area (Å²) in [7, 11) is 0. The molecule has 88 valence electrons. The van der Waals surface area contributed by atoms with Gasteiger partial charge in [0.15, 0.2) is 0 Å². The van der Waals surface area contributed by atoms with Crippen LogP contribution in [0.15, 0.2) is 12.4 Å². The third-order valence-electron chi connectivity index (χ3n) is 3.07. The monoisotopic (exact) mass is 219 g/mol. The van der Waals surface area contributed by atoms with Gasteiger partial charge in [0.1, 0.15) is 5.82 Å². The van der Waals surface area contributed by atoms with Crippen LogP contribution < -0.4 is 4.90 Å². The van der Waals surface area contributed by atoms with Gasteiger partial charge in [-0.15, -0.1) is 0 Å². The van der Waals surface area contributed by atoms with Gasteiger partial charge in [-0.25, -0.2) is 4.98 Å². The zero-order valence-corrected chi connectivity index (χ0v) is 10.5. The van der Waals surface area contributed by atoms with Gasteiger partial charge in [-0.05, 0) is 19.3 Å². The summed E-state index contributed by atoms with van der Waals surface area (Å²) in [6.07, 6.45) is 7.68. The van der Waals surface area contributed by atoms with Crippen molar-refractivity contribution in [2.75, 3.05) is 18.0 Å². The summed E-state index contributed by atoms with van der Waals surface area (Å²) < 4.78 is 0. The Morgan fingerprint density at radius 2 is 1.75 bits per heavy atom. The van der Waals surface area contributed by atoms with Crippen LogP contribution in [0.3, 0.4) is 0 Å². The Morgan fingerprint density at radius 1 is 1.06 bits per heavy atom. The SMILES string of the molecule is CC(C)(C)c1cncc(N2CCCCC2)n1. The fourth-order valence-electron chi connectivity index (χ4n) is 1.99. The first kappa shape index (κ1) is 11.4. The zero-order chi connectivity index (χ0) is 11.6.